The zero-order valence-corrected chi connectivity index (χ0v) is 6.28. The maximum Gasteiger partial charge on any atom is 0.124 e. The van der Waals surface area contributed by atoms with Crippen LogP contribution in [0.15, 0.2) is 30.3 Å². The second kappa shape index (κ2) is 2.41. The van der Waals surface area contributed by atoms with Gasteiger partial charge in [0.1, 0.15) is 11.5 Å². The normalized spacial score (nSPS) is 10.3. The molecular formula is C10H7O2. The summed E-state index contributed by atoms with van der Waals surface area (Å²) in [6, 6.07) is 10.9. The molecule has 59 valence electrons. The van der Waals surface area contributed by atoms with Gasteiger partial charge in [-0.25, -0.2) is 0 Å². The van der Waals surface area contributed by atoms with Crippen LogP contribution in [0.1, 0.15) is 0 Å². The molecule has 0 aromatic heterocycles. The van der Waals surface area contributed by atoms with Crippen molar-refractivity contribution in [1.29, 1.82) is 0 Å². The van der Waals surface area contributed by atoms with Gasteiger partial charge in [-0.1, -0.05) is 12.1 Å². The third-order valence-corrected chi connectivity index (χ3v) is 1.77. The first-order chi connectivity index (χ1) is 5.77. The highest BCUT2D eigenvalue weighted by Crippen LogP contribution is 2.26. The molecule has 2 N–H and O–H groups in total. The smallest absolute Gasteiger partial charge is 0.124 e. The molecule has 0 aliphatic rings. The van der Waals surface area contributed by atoms with Gasteiger partial charge >= 0.3 is 0 Å². The van der Waals surface area contributed by atoms with Crippen LogP contribution in [-0.4, -0.2) is 10.2 Å². The molecule has 2 heteroatoms. The van der Waals surface area contributed by atoms with Gasteiger partial charge in [0.05, 0.1) is 0 Å². The van der Waals surface area contributed by atoms with Crippen molar-refractivity contribution in [3.63, 3.8) is 0 Å². The monoisotopic (exact) mass is 159 g/mol. The maximum atomic E-state index is 9.36. The Kier molecular flexibility index (Phi) is 1.40. The largest absolute Gasteiger partial charge is 0.507 e. The summed E-state index contributed by atoms with van der Waals surface area (Å²) in [7, 11) is 0. The van der Waals surface area contributed by atoms with E-state index in [2.05, 4.69) is 6.07 Å². The van der Waals surface area contributed by atoms with E-state index in [1.165, 1.54) is 0 Å². The Bertz CT molecular complexity index is 421. The predicted molar refractivity (Wildman–Crippen MR) is 46.1 cm³/mol. The van der Waals surface area contributed by atoms with Crippen LogP contribution in [0.5, 0.6) is 11.5 Å². The minimum absolute atomic E-state index is 0.0908. The summed E-state index contributed by atoms with van der Waals surface area (Å²) in [6.45, 7) is 0. The molecular weight excluding hydrogens is 152 g/mol. The number of aromatic hydroxyl groups is 2. The lowest BCUT2D eigenvalue weighted by Gasteiger charge is -1.99. The Labute approximate surface area is 69.7 Å². The van der Waals surface area contributed by atoms with Crippen molar-refractivity contribution >= 4 is 10.8 Å². The number of phenolic OH excluding ortho intramolecular Hbond substituents is 2. The number of rotatable bonds is 0. The molecule has 0 unspecified atom stereocenters. The second-order valence-corrected chi connectivity index (χ2v) is 2.60. The third-order valence-electron chi connectivity index (χ3n) is 1.77. The van der Waals surface area contributed by atoms with Crippen molar-refractivity contribution in [3.05, 3.63) is 36.4 Å². The molecule has 2 aromatic rings. The molecule has 0 bridgehead atoms. The lowest BCUT2D eigenvalue weighted by atomic mass is 10.1. The summed E-state index contributed by atoms with van der Waals surface area (Å²) in [4.78, 5) is 0. The van der Waals surface area contributed by atoms with Gasteiger partial charge in [0.25, 0.3) is 0 Å². The van der Waals surface area contributed by atoms with Crippen molar-refractivity contribution in [2.75, 3.05) is 0 Å². The standard InChI is InChI=1S/C10H7O2/c11-8-4-5-9-7(6-8)2-1-3-10(9)12/h1-3,5-6,11-12H. The Morgan fingerprint density at radius 3 is 2.83 bits per heavy atom. The molecule has 2 rings (SSSR count). The van der Waals surface area contributed by atoms with Gasteiger partial charge in [-0.05, 0) is 23.6 Å². The molecule has 2 aromatic carbocycles. The summed E-state index contributed by atoms with van der Waals surface area (Å²) < 4.78 is 0. The molecule has 0 aliphatic carbocycles. The SMILES string of the molecule is Oc1[c]cc2c(O)cccc2c1. The van der Waals surface area contributed by atoms with E-state index in [4.69, 9.17) is 5.11 Å². The Hall–Kier alpha value is -1.70. The van der Waals surface area contributed by atoms with Gasteiger partial charge in [-0.2, -0.15) is 0 Å². The second-order valence-electron chi connectivity index (χ2n) is 2.60. The molecule has 0 heterocycles. The summed E-state index contributed by atoms with van der Waals surface area (Å²) in [5.41, 5.74) is 0. The van der Waals surface area contributed by atoms with Crippen LogP contribution < -0.4 is 0 Å². The van der Waals surface area contributed by atoms with E-state index in [-0.39, 0.29) is 11.5 Å². The van der Waals surface area contributed by atoms with E-state index in [9.17, 15) is 5.11 Å². The van der Waals surface area contributed by atoms with Crippen LogP contribution in [0.3, 0.4) is 0 Å². The Morgan fingerprint density at radius 2 is 2.00 bits per heavy atom. The fraction of sp³-hybridized carbons (Fsp3) is 0. The molecule has 0 atom stereocenters. The molecule has 0 saturated carbocycles. The van der Waals surface area contributed by atoms with Gasteiger partial charge in [0.15, 0.2) is 0 Å². The number of hydrogen-bond donors (Lipinski definition) is 2. The average molecular weight is 159 g/mol. The van der Waals surface area contributed by atoms with Crippen molar-refractivity contribution < 1.29 is 10.2 Å². The Morgan fingerprint density at radius 1 is 1.17 bits per heavy atom. The van der Waals surface area contributed by atoms with Crippen LogP contribution >= 0.6 is 0 Å². The number of benzene rings is 2. The average Bonchev–Trinajstić information content (AvgIpc) is 2.04. The van der Waals surface area contributed by atoms with Crippen molar-refractivity contribution in [3.8, 4) is 11.5 Å². The first-order valence-electron chi connectivity index (χ1n) is 3.60. The topological polar surface area (TPSA) is 40.5 Å². The van der Waals surface area contributed by atoms with Crippen LogP contribution in [0, 0.1) is 6.07 Å². The van der Waals surface area contributed by atoms with Crippen LogP contribution in [-0.2, 0) is 0 Å². The van der Waals surface area contributed by atoms with Gasteiger partial charge in [0, 0.05) is 11.5 Å². The van der Waals surface area contributed by atoms with E-state index >= 15 is 0 Å². The van der Waals surface area contributed by atoms with E-state index in [1.807, 2.05) is 6.07 Å². The molecule has 0 aliphatic heterocycles. The number of hydrogen-bond acceptors (Lipinski definition) is 2. The zero-order chi connectivity index (χ0) is 8.55. The van der Waals surface area contributed by atoms with E-state index in [0.717, 1.165) is 5.39 Å². The van der Waals surface area contributed by atoms with Crippen molar-refractivity contribution in [2.24, 2.45) is 0 Å². The fourth-order valence-electron chi connectivity index (χ4n) is 1.19. The van der Waals surface area contributed by atoms with Crippen molar-refractivity contribution in [1.82, 2.24) is 0 Å². The van der Waals surface area contributed by atoms with E-state index in [0.29, 0.717) is 5.39 Å². The summed E-state index contributed by atoms with van der Waals surface area (Å²) in [5, 5.41) is 20.0. The first kappa shape index (κ1) is 6.98. The molecule has 0 spiro atoms. The predicted octanol–water partition coefficient (Wildman–Crippen LogP) is 2.05. The lowest BCUT2D eigenvalue weighted by molar-refractivity contribution is 0.474. The summed E-state index contributed by atoms with van der Waals surface area (Å²) >= 11 is 0. The molecule has 0 amide bonds. The van der Waals surface area contributed by atoms with E-state index in [1.54, 1.807) is 24.3 Å². The van der Waals surface area contributed by atoms with Crippen LogP contribution in [0.25, 0.3) is 10.8 Å². The Balaban J connectivity index is 2.86. The summed E-state index contributed by atoms with van der Waals surface area (Å²) in [6.07, 6.45) is 0. The molecule has 0 saturated heterocycles. The van der Waals surface area contributed by atoms with Gasteiger partial charge in [-0.3, -0.25) is 0 Å². The van der Waals surface area contributed by atoms with Gasteiger partial charge in [0.2, 0.25) is 0 Å². The number of phenols is 2. The van der Waals surface area contributed by atoms with Crippen molar-refractivity contribution in [2.45, 2.75) is 0 Å². The van der Waals surface area contributed by atoms with Crippen LogP contribution in [0.2, 0.25) is 0 Å². The van der Waals surface area contributed by atoms with Gasteiger partial charge < -0.3 is 10.2 Å². The van der Waals surface area contributed by atoms with E-state index < -0.39 is 0 Å². The highest BCUT2D eigenvalue weighted by atomic mass is 16.3. The molecule has 12 heavy (non-hydrogen) atoms. The molecule has 0 fully saturated rings. The number of fused-ring (bicyclic) bond motifs is 1. The summed E-state index contributed by atoms with van der Waals surface area (Å²) in [5.74, 6) is 0.303. The fourth-order valence-corrected chi connectivity index (χ4v) is 1.19. The zero-order valence-electron chi connectivity index (χ0n) is 6.28. The maximum absolute atomic E-state index is 9.36. The highest BCUT2D eigenvalue weighted by molar-refractivity contribution is 5.88. The minimum atomic E-state index is 0.0908. The molecule has 2 nitrogen and oxygen atoms in total. The third kappa shape index (κ3) is 0.975. The minimum Gasteiger partial charge on any atom is -0.507 e. The first-order valence-corrected chi connectivity index (χ1v) is 3.60. The lowest BCUT2D eigenvalue weighted by Crippen LogP contribution is -1.73. The van der Waals surface area contributed by atoms with Gasteiger partial charge in [-0.15, -0.1) is 0 Å². The molecule has 1 radical (unpaired) electrons. The van der Waals surface area contributed by atoms with Crippen LogP contribution in [0.4, 0.5) is 0 Å². The quantitative estimate of drug-likeness (QED) is 0.617. The highest BCUT2D eigenvalue weighted by Gasteiger charge is 1.98.